The quantitative estimate of drug-likeness (QED) is 0.770. The molecule has 1 saturated heterocycles. The minimum absolute atomic E-state index is 0.0253. The molecule has 0 radical (unpaired) electrons. The van der Waals surface area contributed by atoms with Gasteiger partial charge in [0, 0.05) is 26.6 Å². The number of carbonyl (C=O) groups excluding carboxylic acids is 2. The molecule has 6 nitrogen and oxygen atoms in total. The Labute approximate surface area is 156 Å². The first-order valence-electron chi connectivity index (χ1n) is 9.41. The van der Waals surface area contributed by atoms with Crippen LogP contribution < -0.4 is 10.1 Å². The normalized spacial score (nSPS) is 20.3. The zero-order valence-corrected chi connectivity index (χ0v) is 16.3. The number of methoxy groups -OCH3 is 1. The van der Waals surface area contributed by atoms with Crippen molar-refractivity contribution in [1.82, 2.24) is 15.1 Å². The van der Waals surface area contributed by atoms with E-state index in [1.54, 1.807) is 19.1 Å². The van der Waals surface area contributed by atoms with Gasteiger partial charge >= 0.3 is 0 Å². The molecule has 2 rings (SSSR count). The van der Waals surface area contributed by atoms with Crippen LogP contribution in [0.5, 0.6) is 5.75 Å². The van der Waals surface area contributed by atoms with Crippen LogP contribution in [-0.4, -0.2) is 62.0 Å². The number of likely N-dealkylation sites (tertiary alicyclic amines) is 1. The van der Waals surface area contributed by atoms with E-state index in [4.69, 9.17) is 4.74 Å². The lowest BCUT2D eigenvalue weighted by Crippen LogP contribution is -2.47. The van der Waals surface area contributed by atoms with E-state index >= 15 is 0 Å². The van der Waals surface area contributed by atoms with Crippen molar-refractivity contribution in [3.63, 3.8) is 0 Å². The van der Waals surface area contributed by atoms with E-state index in [1.807, 2.05) is 24.3 Å². The second-order valence-electron chi connectivity index (χ2n) is 6.69. The van der Waals surface area contributed by atoms with Gasteiger partial charge in [0.15, 0.2) is 0 Å². The number of nitrogens with zero attached hydrogens (tertiary/aromatic N) is 2. The van der Waals surface area contributed by atoms with Gasteiger partial charge in [-0.05, 0) is 37.2 Å². The number of hydrogen-bond donors (Lipinski definition) is 1. The van der Waals surface area contributed by atoms with Gasteiger partial charge in [0.2, 0.25) is 11.8 Å². The highest BCUT2D eigenvalue weighted by Gasteiger charge is 2.38. The molecule has 0 spiro atoms. The number of piperidine rings is 1. The molecule has 26 heavy (non-hydrogen) atoms. The number of hydrogen-bond acceptors (Lipinski definition) is 4. The first-order chi connectivity index (χ1) is 12.5. The maximum atomic E-state index is 12.8. The minimum atomic E-state index is -0.240. The molecule has 0 aromatic heterocycles. The lowest BCUT2D eigenvalue weighted by atomic mass is 9.84. The standard InChI is InChI=1S/C20H31N3O3/c1-5-23(6-2)14-13-21-20(25)17-11-12-18(24)22(3)19(17)15-7-9-16(26-4)10-8-15/h7-10,17,19H,5-6,11-14H2,1-4H3,(H,21,25). The van der Waals surface area contributed by atoms with Gasteiger partial charge in [0.25, 0.3) is 0 Å². The van der Waals surface area contributed by atoms with Gasteiger partial charge in [-0.25, -0.2) is 0 Å². The number of carbonyl (C=O) groups is 2. The number of benzene rings is 1. The summed E-state index contributed by atoms with van der Waals surface area (Å²) in [6.45, 7) is 7.65. The Morgan fingerprint density at radius 2 is 1.92 bits per heavy atom. The van der Waals surface area contributed by atoms with Gasteiger partial charge in [0.1, 0.15) is 5.75 Å². The number of amides is 2. The number of nitrogens with one attached hydrogen (secondary N) is 1. The van der Waals surface area contributed by atoms with E-state index in [-0.39, 0.29) is 23.8 Å². The Bertz CT molecular complexity index is 599. The fourth-order valence-electron chi connectivity index (χ4n) is 3.58. The average molecular weight is 361 g/mol. The van der Waals surface area contributed by atoms with E-state index in [9.17, 15) is 9.59 Å². The lowest BCUT2D eigenvalue weighted by Gasteiger charge is -2.38. The third-order valence-corrected chi connectivity index (χ3v) is 5.28. The second-order valence-corrected chi connectivity index (χ2v) is 6.69. The van der Waals surface area contributed by atoms with Crippen LogP contribution >= 0.6 is 0 Å². The number of likely N-dealkylation sites (N-methyl/N-ethyl adjacent to an activating group) is 1. The fraction of sp³-hybridized carbons (Fsp3) is 0.600. The summed E-state index contributed by atoms with van der Waals surface area (Å²) in [4.78, 5) is 29.0. The van der Waals surface area contributed by atoms with Crippen LogP contribution in [0.2, 0.25) is 0 Å². The average Bonchev–Trinajstić information content (AvgIpc) is 2.67. The molecule has 1 aliphatic heterocycles. The van der Waals surface area contributed by atoms with Crippen molar-refractivity contribution in [3.05, 3.63) is 29.8 Å². The SMILES string of the molecule is CCN(CC)CCNC(=O)C1CCC(=O)N(C)C1c1ccc(OC)cc1. The minimum Gasteiger partial charge on any atom is -0.497 e. The van der Waals surface area contributed by atoms with Gasteiger partial charge in [-0.15, -0.1) is 0 Å². The van der Waals surface area contributed by atoms with Crippen molar-refractivity contribution in [2.45, 2.75) is 32.7 Å². The molecule has 1 N–H and O–H groups in total. The molecule has 2 unspecified atom stereocenters. The largest absolute Gasteiger partial charge is 0.497 e. The molecule has 1 fully saturated rings. The Balaban J connectivity index is 2.10. The molecular weight excluding hydrogens is 330 g/mol. The molecule has 144 valence electrons. The molecule has 0 saturated carbocycles. The first kappa shape index (κ1) is 20.2. The Hall–Kier alpha value is -2.08. The maximum Gasteiger partial charge on any atom is 0.225 e. The summed E-state index contributed by atoms with van der Waals surface area (Å²) in [7, 11) is 3.41. The van der Waals surface area contributed by atoms with Crippen LogP contribution in [0.25, 0.3) is 0 Å². The Kier molecular flexibility index (Phi) is 7.45. The van der Waals surface area contributed by atoms with Gasteiger partial charge in [-0.3, -0.25) is 9.59 Å². The van der Waals surface area contributed by atoms with E-state index in [2.05, 4.69) is 24.1 Å². The van der Waals surface area contributed by atoms with Crippen LogP contribution in [0, 0.1) is 5.92 Å². The number of rotatable bonds is 8. The van der Waals surface area contributed by atoms with Crippen LogP contribution in [-0.2, 0) is 9.59 Å². The third kappa shape index (κ3) is 4.75. The monoisotopic (exact) mass is 361 g/mol. The van der Waals surface area contributed by atoms with Gasteiger partial charge in [0.05, 0.1) is 19.1 Å². The molecule has 0 bridgehead atoms. The van der Waals surface area contributed by atoms with Crippen LogP contribution in [0.15, 0.2) is 24.3 Å². The summed E-state index contributed by atoms with van der Waals surface area (Å²) < 4.78 is 5.21. The number of ether oxygens (including phenoxy) is 1. The van der Waals surface area contributed by atoms with Crippen molar-refractivity contribution >= 4 is 11.8 Å². The molecule has 2 atom stereocenters. The van der Waals surface area contributed by atoms with Crippen LogP contribution in [0.4, 0.5) is 0 Å². The Morgan fingerprint density at radius 3 is 2.50 bits per heavy atom. The van der Waals surface area contributed by atoms with Crippen molar-refractivity contribution in [1.29, 1.82) is 0 Å². The topological polar surface area (TPSA) is 61.9 Å². The highest BCUT2D eigenvalue weighted by Crippen LogP contribution is 2.36. The van der Waals surface area contributed by atoms with Gasteiger partial charge in [-0.2, -0.15) is 0 Å². The van der Waals surface area contributed by atoms with Crippen LogP contribution in [0.1, 0.15) is 38.3 Å². The summed E-state index contributed by atoms with van der Waals surface area (Å²) >= 11 is 0. The van der Waals surface area contributed by atoms with Crippen molar-refractivity contribution in [2.75, 3.05) is 40.3 Å². The van der Waals surface area contributed by atoms with Crippen molar-refractivity contribution in [3.8, 4) is 5.75 Å². The van der Waals surface area contributed by atoms with E-state index in [1.165, 1.54) is 0 Å². The predicted octanol–water partition coefficient (Wildman–Crippen LogP) is 2.06. The molecule has 2 amide bonds. The van der Waals surface area contributed by atoms with Crippen LogP contribution in [0.3, 0.4) is 0 Å². The molecule has 0 aliphatic carbocycles. The molecular formula is C20H31N3O3. The summed E-state index contributed by atoms with van der Waals surface area (Å²) in [5.74, 6) is 0.636. The highest BCUT2D eigenvalue weighted by molar-refractivity contribution is 5.84. The highest BCUT2D eigenvalue weighted by atomic mass is 16.5. The molecule has 1 aromatic carbocycles. The zero-order valence-electron chi connectivity index (χ0n) is 16.3. The summed E-state index contributed by atoms with van der Waals surface area (Å²) in [6, 6.07) is 7.38. The van der Waals surface area contributed by atoms with E-state index < -0.39 is 0 Å². The van der Waals surface area contributed by atoms with E-state index in [0.717, 1.165) is 30.9 Å². The predicted molar refractivity (Wildman–Crippen MR) is 102 cm³/mol. The van der Waals surface area contributed by atoms with Crippen molar-refractivity contribution in [2.24, 2.45) is 5.92 Å². The summed E-state index contributed by atoms with van der Waals surface area (Å²) in [5, 5.41) is 3.07. The third-order valence-electron chi connectivity index (χ3n) is 5.28. The molecule has 1 aromatic rings. The van der Waals surface area contributed by atoms with Gasteiger partial charge < -0.3 is 19.9 Å². The molecule has 1 aliphatic rings. The maximum absolute atomic E-state index is 12.8. The summed E-state index contributed by atoms with van der Waals surface area (Å²) in [5.41, 5.74) is 0.963. The second kappa shape index (κ2) is 9.57. The summed E-state index contributed by atoms with van der Waals surface area (Å²) in [6.07, 6.45) is 0.994. The van der Waals surface area contributed by atoms with E-state index in [0.29, 0.717) is 19.4 Å². The van der Waals surface area contributed by atoms with Crippen molar-refractivity contribution < 1.29 is 14.3 Å². The smallest absolute Gasteiger partial charge is 0.225 e. The first-order valence-corrected chi connectivity index (χ1v) is 9.41. The lowest BCUT2D eigenvalue weighted by molar-refractivity contribution is -0.141. The zero-order chi connectivity index (χ0) is 19.1. The fourth-order valence-corrected chi connectivity index (χ4v) is 3.58. The van der Waals surface area contributed by atoms with Gasteiger partial charge in [-0.1, -0.05) is 26.0 Å². The molecule has 1 heterocycles. The Morgan fingerprint density at radius 1 is 1.27 bits per heavy atom. The molecule has 6 heteroatoms.